The van der Waals surface area contributed by atoms with Crippen molar-refractivity contribution < 1.29 is 9.53 Å². The van der Waals surface area contributed by atoms with Gasteiger partial charge in [-0.05, 0) is 25.8 Å². The molecule has 4 nitrogen and oxygen atoms in total. The van der Waals surface area contributed by atoms with Crippen molar-refractivity contribution >= 4 is 5.97 Å². The van der Waals surface area contributed by atoms with Gasteiger partial charge in [-0.25, -0.2) is 0 Å². The fourth-order valence-corrected chi connectivity index (χ4v) is 1.47. The van der Waals surface area contributed by atoms with Crippen LogP contribution in [0.5, 0.6) is 0 Å². The molecule has 0 aliphatic rings. The Hall–Kier alpha value is -1.32. The predicted octanol–water partition coefficient (Wildman–Crippen LogP) is 1.38. The van der Waals surface area contributed by atoms with E-state index in [4.69, 9.17) is 0 Å². The lowest BCUT2D eigenvalue weighted by Crippen LogP contribution is -2.15. The lowest BCUT2D eigenvalue weighted by Gasteiger charge is -2.08. The van der Waals surface area contributed by atoms with E-state index in [2.05, 4.69) is 14.9 Å². The Balaban J connectivity index is 2.73. The third-order valence-corrected chi connectivity index (χ3v) is 2.39. The maximum Gasteiger partial charge on any atom is 0.308 e. The standard InChI is InChI=1S/C10H16N2O2/c1-6(10(13)14-4)5-9-7(2)11-12-8(9)3/h6H,5H2,1-4H3,(H,11,12). The zero-order valence-electron chi connectivity index (χ0n) is 9.05. The largest absolute Gasteiger partial charge is 0.469 e. The first-order chi connectivity index (χ1) is 6.56. The maximum atomic E-state index is 11.2. The molecule has 78 valence electrons. The summed E-state index contributed by atoms with van der Waals surface area (Å²) in [6, 6.07) is 0. The van der Waals surface area contributed by atoms with E-state index in [9.17, 15) is 4.79 Å². The summed E-state index contributed by atoms with van der Waals surface area (Å²) in [5, 5.41) is 6.97. The van der Waals surface area contributed by atoms with E-state index in [1.807, 2.05) is 20.8 Å². The molecule has 0 radical (unpaired) electrons. The molecule has 1 aromatic rings. The van der Waals surface area contributed by atoms with Crippen LogP contribution in [0.4, 0.5) is 0 Å². The first-order valence-corrected chi connectivity index (χ1v) is 4.64. The molecule has 0 aliphatic heterocycles. The Bertz CT molecular complexity index is 311. The molecule has 0 bridgehead atoms. The zero-order chi connectivity index (χ0) is 10.7. The van der Waals surface area contributed by atoms with Crippen molar-refractivity contribution in [3.05, 3.63) is 17.0 Å². The fourth-order valence-electron chi connectivity index (χ4n) is 1.47. The smallest absolute Gasteiger partial charge is 0.308 e. The SMILES string of the molecule is COC(=O)C(C)Cc1c(C)n[nH]c1C. The van der Waals surface area contributed by atoms with Gasteiger partial charge in [-0.1, -0.05) is 6.92 Å². The molecule has 0 saturated carbocycles. The monoisotopic (exact) mass is 196 g/mol. The van der Waals surface area contributed by atoms with Crippen molar-refractivity contribution in [1.82, 2.24) is 10.2 Å². The average molecular weight is 196 g/mol. The van der Waals surface area contributed by atoms with E-state index in [1.165, 1.54) is 7.11 Å². The van der Waals surface area contributed by atoms with Gasteiger partial charge in [0.2, 0.25) is 0 Å². The second kappa shape index (κ2) is 4.26. The normalized spacial score (nSPS) is 12.6. The number of H-pyrrole nitrogens is 1. The van der Waals surface area contributed by atoms with Crippen molar-refractivity contribution in [3.63, 3.8) is 0 Å². The lowest BCUT2D eigenvalue weighted by molar-refractivity contribution is -0.144. The van der Waals surface area contributed by atoms with Crippen molar-refractivity contribution in [3.8, 4) is 0 Å². The van der Waals surface area contributed by atoms with Gasteiger partial charge in [0.1, 0.15) is 0 Å². The molecular weight excluding hydrogens is 180 g/mol. The number of ether oxygens (including phenoxy) is 1. The zero-order valence-corrected chi connectivity index (χ0v) is 9.05. The van der Waals surface area contributed by atoms with Crippen LogP contribution in [0.25, 0.3) is 0 Å². The molecule has 1 unspecified atom stereocenters. The summed E-state index contributed by atoms with van der Waals surface area (Å²) in [6.45, 7) is 5.75. The Morgan fingerprint density at radius 3 is 2.64 bits per heavy atom. The van der Waals surface area contributed by atoms with Crippen LogP contribution in [0, 0.1) is 19.8 Å². The highest BCUT2D eigenvalue weighted by atomic mass is 16.5. The molecule has 0 amide bonds. The quantitative estimate of drug-likeness (QED) is 0.743. The molecule has 0 saturated heterocycles. The van der Waals surface area contributed by atoms with Crippen molar-refractivity contribution in [2.45, 2.75) is 27.2 Å². The maximum absolute atomic E-state index is 11.2. The van der Waals surface area contributed by atoms with E-state index in [0.29, 0.717) is 6.42 Å². The van der Waals surface area contributed by atoms with E-state index < -0.39 is 0 Å². The molecule has 1 N–H and O–H groups in total. The summed E-state index contributed by atoms with van der Waals surface area (Å²) in [5.41, 5.74) is 3.10. The molecule has 0 aliphatic carbocycles. The molecule has 1 atom stereocenters. The lowest BCUT2D eigenvalue weighted by atomic mass is 10.00. The van der Waals surface area contributed by atoms with Crippen LogP contribution in [0.15, 0.2) is 0 Å². The number of aryl methyl sites for hydroxylation is 2. The van der Waals surface area contributed by atoms with Gasteiger partial charge in [0.25, 0.3) is 0 Å². The van der Waals surface area contributed by atoms with Gasteiger partial charge >= 0.3 is 5.97 Å². The van der Waals surface area contributed by atoms with Gasteiger partial charge in [0.05, 0.1) is 18.7 Å². The molecule has 4 heteroatoms. The number of carbonyl (C=O) groups excluding carboxylic acids is 1. The Labute approximate surface area is 83.7 Å². The van der Waals surface area contributed by atoms with E-state index >= 15 is 0 Å². The second-order valence-corrected chi connectivity index (χ2v) is 3.54. The number of carbonyl (C=O) groups is 1. The van der Waals surface area contributed by atoms with Crippen LogP contribution in [0.2, 0.25) is 0 Å². The van der Waals surface area contributed by atoms with Crippen molar-refractivity contribution in [2.75, 3.05) is 7.11 Å². The molecule has 0 fully saturated rings. The van der Waals surface area contributed by atoms with E-state index in [1.54, 1.807) is 0 Å². The molecule has 1 heterocycles. The number of esters is 1. The minimum absolute atomic E-state index is 0.116. The summed E-state index contributed by atoms with van der Waals surface area (Å²) in [7, 11) is 1.41. The predicted molar refractivity (Wildman–Crippen MR) is 52.9 cm³/mol. The van der Waals surface area contributed by atoms with Crippen LogP contribution in [-0.2, 0) is 16.0 Å². The number of aromatic amines is 1. The number of nitrogens with zero attached hydrogens (tertiary/aromatic N) is 1. The third-order valence-electron chi connectivity index (χ3n) is 2.39. The highest BCUT2D eigenvalue weighted by molar-refractivity contribution is 5.72. The minimum atomic E-state index is -0.176. The minimum Gasteiger partial charge on any atom is -0.469 e. The van der Waals surface area contributed by atoms with Gasteiger partial charge in [-0.2, -0.15) is 5.10 Å². The number of hydrogen-bond donors (Lipinski definition) is 1. The molecule has 1 aromatic heterocycles. The molecule has 0 spiro atoms. The topological polar surface area (TPSA) is 55.0 Å². The summed E-state index contributed by atoms with van der Waals surface area (Å²) in [5.74, 6) is -0.292. The summed E-state index contributed by atoms with van der Waals surface area (Å²) >= 11 is 0. The van der Waals surface area contributed by atoms with Crippen molar-refractivity contribution in [2.24, 2.45) is 5.92 Å². The summed E-state index contributed by atoms with van der Waals surface area (Å²) < 4.78 is 4.67. The fraction of sp³-hybridized carbons (Fsp3) is 0.600. The van der Waals surface area contributed by atoms with Crippen LogP contribution >= 0.6 is 0 Å². The molecular formula is C10H16N2O2. The Kier molecular flexibility index (Phi) is 3.28. The molecule has 0 aromatic carbocycles. The third kappa shape index (κ3) is 2.13. The Morgan fingerprint density at radius 1 is 1.57 bits per heavy atom. The van der Waals surface area contributed by atoms with Crippen LogP contribution in [-0.4, -0.2) is 23.3 Å². The van der Waals surface area contributed by atoms with Gasteiger partial charge in [-0.15, -0.1) is 0 Å². The number of nitrogens with one attached hydrogen (secondary N) is 1. The highest BCUT2D eigenvalue weighted by Crippen LogP contribution is 2.15. The molecule has 1 rings (SSSR count). The second-order valence-electron chi connectivity index (χ2n) is 3.54. The summed E-state index contributed by atoms with van der Waals surface area (Å²) in [6.07, 6.45) is 0.681. The number of rotatable bonds is 3. The van der Waals surface area contributed by atoms with Gasteiger partial charge in [0.15, 0.2) is 0 Å². The Morgan fingerprint density at radius 2 is 2.21 bits per heavy atom. The highest BCUT2D eigenvalue weighted by Gasteiger charge is 2.17. The average Bonchev–Trinajstić information content (AvgIpc) is 2.48. The number of aromatic nitrogens is 2. The van der Waals surface area contributed by atoms with Gasteiger partial charge in [0, 0.05) is 5.69 Å². The summed E-state index contributed by atoms with van der Waals surface area (Å²) in [4.78, 5) is 11.2. The van der Waals surface area contributed by atoms with Gasteiger partial charge in [-0.3, -0.25) is 9.89 Å². The van der Waals surface area contributed by atoms with E-state index in [0.717, 1.165) is 17.0 Å². The molecule has 14 heavy (non-hydrogen) atoms. The van der Waals surface area contributed by atoms with Gasteiger partial charge < -0.3 is 4.74 Å². The van der Waals surface area contributed by atoms with Crippen LogP contribution in [0.3, 0.4) is 0 Å². The van der Waals surface area contributed by atoms with Crippen LogP contribution < -0.4 is 0 Å². The van der Waals surface area contributed by atoms with Crippen molar-refractivity contribution in [1.29, 1.82) is 0 Å². The van der Waals surface area contributed by atoms with Crippen LogP contribution in [0.1, 0.15) is 23.9 Å². The number of hydrogen-bond acceptors (Lipinski definition) is 3. The first-order valence-electron chi connectivity index (χ1n) is 4.64. The first kappa shape index (κ1) is 10.8. The van der Waals surface area contributed by atoms with E-state index in [-0.39, 0.29) is 11.9 Å². The number of methoxy groups -OCH3 is 1.